The maximum atomic E-state index is 11.7. The lowest BCUT2D eigenvalue weighted by Gasteiger charge is -2.11. The molecule has 0 aromatic carbocycles. The van der Waals surface area contributed by atoms with Crippen LogP contribution < -0.4 is 16.8 Å². The summed E-state index contributed by atoms with van der Waals surface area (Å²) in [4.78, 5) is 33.4. The zero-order valence-electron chi connectivity index (χ0n) is 10.5. The molecule has 1 aromatic heterocycles. The summed E-state index contributed by atoms with van der Waals surface area (Å²) in [6, 6.07) is -1.14. The van der Waals surface area contributed by atoms with Crippen molar-refractivity contribution in [3.05, 3.63) is 11.3 Å². The maximum absolute atomic E-state index is 11.7. The SMILES string of the molecule is Cc1nn(C)c(NC(=O)[C@@H](N)CC(N)=O)c1C(=O)O. The van der Waals surface area contributed by atoms with E-state index in [2.05, 4.69) is 10.4 Å². The lowest BCUT2D eigenvalue weighted by Crippen LogP contribution is -2.39. The van der Waals surface area contributed by atoms with E-state index in [0.717, 1.165) is 0 Å². The number of amides is 2. The molecule has 1 rings (SSSR count). The van der Waals surface area contributed by atoms with Gasteiger partial charge in [0.25, 0.3) is 0 Å². The van der Waals surface area contributed by atoms with E-state index in [9.17, 15) is 14.4 Å². The van der Waals surface area contributed by atoms with Crippen molar-refractivity contribution in [2.24, 2.45) is 18.5 Å². The van der Waals surface area contributed by atoms with E-state index in [1.807, 2.05) is 0 Å². The summed E-state index contributed by atoms with van der Waals surface area (Å²) in [5.74, 6) is -2.63. The highest BCUT2D eigenvalue weighted by Gasteiger charge is 2.24. The first-order valence-corrected chi connectivity index (χ1v) is 5.35. The van der Waals surface area contributed by atoms with Crippen molar-refractivity contribution in [1.29, 1.82) is 0 Å². The van der Waals surface area contributed by atoms with Gasteiger partial charge in [-0.1, -0.05) is 0 Å². The molecule has 6 N–H and O–H groups in total. The Morgan fingerprint density at radius 3 is 2.53 bits per heavy atom. The van der Waals surface area contributed by atoms with Gasteiger partial charge in [0.15, 0.2) is 0 Å². The van der Waals surface area contributed by atoms with Crippen LogP contribution in [0.3, 0.4) is 0 Å². The smallest absolute Gasteiger partial charge is 0.341 e. The number of carbonyl (C=O) groups is 3. The van der Waals surface area contributed by atoms with Crippen molar-refractivity contribution in [2.75, 3.05) is 5.32 Å². The molecule has 9 heteroatoms. The van der Waals surface area contributed by atoms with Crippen LogP contribution in [0.2, 0.25) is 0 Å². The Morgan fingerprint density at radius 1 is 1.47 bits per heavy atom. The zero-order chi connectivity index (χ0) is 14.7. The van der Waals surface area contributed by atoms with Crippen LogP contribution in [0.5, 0.6) is 0 Å². The summed E-state index contributed by atoms with van der Waals surface area (Å²) in [6.07, 6.45) is -0.328. The molecule has 0 radical (unpaired) electrons. The maximum Gasteiger partial charge on any atom is 0.341 e. The van der Waals surface area contributed by atoms with E-state index >= 15 is 0 Å². The number of hydrogen-bond acceptors (Lipinski definition) is 5. The molecule has 0 unspecified atom stereocenters. The van der Waals surface area contributed by atoms with E-state index in [1.54, 1.807) is 0 Å². The van der Waals surface area contributed by atoms with Crippen LogP contribution in [-0.2, 0) is 16.6 Å². The van der Waals surface area contributed by atoms with Gasteiger partial charge in [0.05, 0.1) is 18.2 Å². The number of primary amides is 1. The van der Waals surface area contributed by atoms with E-state index in [1.165, 1.54) is 18.7 Å². The first kappa shape index (κ1) is 14.6. The molecule has 0 aliphatic carbocycles. The third kappa shape index (κ3) is 3.28. The van der Waals surface area contributed by atoms with Gasteiger partial charge < -0.3 is 21.9 Å². The Kier molecular flexibility index (Phi) is 4.22. The molecule has 0 spiro atoms. The Balaban J connectivity index is 2.97. The van der Waals surface area contributed by atoms with Crippen LogP contribution in [0.25, 0.3) is 0 Å². The molecule has 1 atom stereocenters. The number of aromatic carboxylic acids is 1. The second-order valence-corrected chi connectivity index (χ2v) is 4.00. The van der Waals surface area contributed by atoms with Crippen molar-refractivity contribution in [3.8, 4) is 0 Å². The number of carboxylic acids is 1. The van der Waals surface area contributed by atoms with Crippen molar-refractivity contribution < 1.29 is 19.5 Å². The van der Waals surface area contributed by atoms with Gasteiger partial charge in [0.2, 0.25) is 11.8 Å². The highest BCUT2D eigenvalue weighted by atomic mass is 16.4. The molecule has 0 bridgehead atoms. The van der Waals surface area contributed by atoms with Gasteiger partial charge >= 0.3 is 5.97 Å². The minimum Gasteiger partial charge on any atom is -0.477 e. The molecule has 0 aliphatic heterocycles. The van der Waals surface area contributed by atoms with Crippen LogP contribution >= 0.6 is 0 Å². The summed E-state index contributed by atoms with van der Waals surface area (Å²) in [6.45, 7) is 1.50. The van der Waals surface area contributed by atoms with Crippen LogP contribution in [-0.4, -0.2) is 38.7 Å². The standard InChI is InChI=1S/C10H15N5O4/c1-4-7(10(18)19)8(15(2)14-4)13-9(17)5(11)3-6(12)16/h5H,3,11H2,1-2H3,(H2,12,16)(H,13,17)(H,18,19)/t5-/m0/s1. The van der Waals surface area contributed by atoms with E-state index in [0.29, 0.717) is 0 Å². The number of aromatic nitrogens is 2. The third-order valence-corrected chi connectivity index (χ3v) is 2.44. The normalized spacial score (nSPS) is 11.9. The van der Waals surface area contributed by atoms with E-state index in [-0.39, 0.29) is 23.5 Å². The second-order valence-electron chi connectivity index (χ2n) is 4.00. The summed E-state index contributed by atoms with van der Waals surface area (Å²) in [5, 5.41) is 15.3. The molecular weight excluding hydrogens is 254 g/mol. The predicted octanol–water partition coefficient (Wildman–Crippen LogP) is -1.43. The molecule has 2 amide bonds. The Labute approximate surface area is 108 Å². The highest BCUT2D eigenvalue weighted by molar-refractivity contribution is 6.02. The second kappa shape index (κ2) is 5.48. The number of rotatable bonds is 5. The topological polar surface area (TPSA) is 153 Å². The molecule has 104 valence electrons. The number of nitrogens with two attached hydrogens (primary N) is 2. The fourth-order valence-electron chi connectivity index (χ4n) is 1.58. The number of carbonyl (C=O) groups excluding carboxylic acids is 2. The van der Waals surface area contributed by atoms with Crippen LogP contribution in [0.15, 0.2) is 0 Å². The molecule has 0 saturated carbocycles. The average Bonchev–Trinajstić information content (AvgIpc) is 2.52. The number of carboxylic acid groups (broad SMARTS) is 1. The van der Waals surface area contributed by atoms with Gasteiger partial charge in [-0.25, -0.2) is 4.79 Å². The average molecular weight is 269 g/mol. The molecule has 9 nitrogen and oxygen atoms in total. The largest absolute Gasteiger partial charge is 0.477 e. The highest BCUT2D eigenvalue weighted by Crippen LogP contribution is 2.18. The minimum absolute atomic E-state index is 0.00919. The predicted molar refractivity (Wildman–Crippen MR) is 65.3 cm³/mol. The molecule has 19 heavy (non-hydrogen) atoms. The van der Waals surface area contributed by atoms with Crippen molar-refractivity contribution in [3.63, 3.8) is 0 Å². The molecule has 0 saturated heterocycles. The van der Waals surface area contributed by atoms with Gasteiger partial charge in [-0.05, 0) is 6.92 Å². The Bertz CT molecular complexity index is 536. The quantitative estimate of drug-likeness (QED) is 0.513. The number of nitrogens with zero attached hydrogens (tertiary/aromatic N) is 2. The fourth-order valence-corrected chi connectivity index (χ4v) is 1.58. The van der Waals surface area contributed by atoms with Gasteiger partial charge in [0, 0.05) is 7.05 Å². The lowest BCUT2D eigenvalue weighted by molar-refractivity contribution is -0.123. The number of hydrogen-bond donors (Lipinski definition) is 4. The van der Waals surface area contributed by atoms with E-state index < -0.39 is 23.8 Å². The number of nitrogens with one attached hydrogen (secondary N) is 1. The van der Waals surface area contributed by atoms with Gasteiger partial charge in [-0.15, -0.1) is 0 Å². The summed E-state index contributed by atoms with van der Waals surface area (Å²) >= 11 is 0. The monoisotopic (exact) mass is 269 g/mol. The Hall–Kier alpha value is -2.42. The zero-order valence-corrected chi connectivity index (χ0v) is 10.5. The lowest BCUT2D eigenvalue weighted by atomic mass is 10.2. The number of anilines is 1. The number of aryl methyl sites for hydroxylation is 2. The summed E-state index contributed by atoms with van der Waals surface area (Å²) < 4.78 is 1.22. The minimum atomic E-state index is -1.22. The molecule has 0 aliphatic rings. The molecule has 1 heterocycles. The van der Waals surface area contributed by atoms with E-state index in [4.69, 9.17) is 16.6 Å². The molecular formula is C10H15N5O4. The fraction of sp³-hybridized carbons (Fsp3) is 0.400. The van der Waals surface area contributed by atoms with Crippen LogP contribution in [0.1, 0.15) is 22.5 Å². The summed E-state index contributed by atoms with van der Waals surface area (Å²) in [5.41, 5.74) is 10.5. The van der Waals surface area contributed by atoms with Crippen molar-refractivity contribution in [2.45, 2.75) is 19.4 Å². The van der Waals surface area contributed by atoms with Crippen LogP contribution in [0.4, 0.5) is 5.82 Å². The third-order valence-electron chi connectivity index (χ3n) is 2.44. The van der Waals surface area contributed by atoms with Crippen molar-refractivity contribution in [1.82, 2.24) is 9.78 Å². The van der Waals surface area contributed by atoms with Gasteiger partial charge in [-0.2, -0.15) is 5.10 Å². The molecule has 0 fully saturated rings. The first-order valence-electron chi connectivity index (χ1n) is 5.35. The first-order chi connectivity index (χ1) is 8.73. The Morgan fingerprint density at radius 2 is 2.05 bits per heavy atom. The van der Waals surface area contributed by atoms with Gasteiger partial charge in [-0.3, -0.25) is 14.3 Å². The molecule has 1 aromatic rings. The summed E-state index contributed by atoms with van der Waals surface area (Å²) in [7, 11) is 1.48. The van der Waals surface area contributed by atoms with Gasteiger partial charge in [0.1, 0.15) is 11.4 Å². The van der Waals surface area contributed by atoms with Crippen LogP contribution in [0, 0.1) is 6.92 Å². The van der Waals surface area contributed by atoms with Crippen molar-refractivity contribution >= 4 is 23.6 Å².